The Morgan fingerprint density at radius 1 is 1.11 bits per heavy atom. The molecule has 0 saturated heterocycles. The Labute approximate surface area is 117 Å². The molecule has 0 fully saturated rings. The number of benzene rings is 1. The lowest BCUT2D eigenvalue weighted by Crippen LogP contribution is -2.37. The largest absolute Gasteiger partial charge is 0.353 e. The number of amides is 1. The van der Waals surface area contributed by atoms with Gasteiger partial charge < -0.3 is 5.32 Å². The van der Waals surface area contributed by atoms with Crippen molar-refractivity contribution in [2.24, 2.45) is 11.8 Å². The van der Waals surface area contributed by atoms with Crippen LogP contribution in [0.5, 0.6) is 0 Å². The van der Waals surface area contributed by atoms with E-state index >= 15 is 0 Å². The number of aryl methyl sites for hydroxylation is 1. The number of carbonyl (C=O) groups excluding carboxylic acids is 1. The van der Waals surface area contributed by atoms with Crippen LogP contribution in [-0.4, -0.2) is 11.9 Å². The molecule has 1 rings (SSSR count). The summed E-state index contributed by atoms with van der Waals surface area (Å²) in [4.78, 5) is 12.0. The summed E-state index contributed by atoms with van der Waals surface area (Å²) in [6, 6.07) is 10.6. The molecular weight excluding hydrogens is 234 g/mol. The Morgan fingerprint density at radius 3 is 2.32 bits per heavy atom. The van der Waals surface area contributed by atoms with E-state index < -0.39 is 0 Å². The Morgan fingerprint density at radius 2 is 1.74 bits per heavy atom. The monoisotopic (exact) mass is 261 g/mol. The van der Waals surface area contributed by atoms with Crippen LogP contribution < -0.4 is 5.32 Å². The molecule has 0 aliphatic heterocycles. The molecule has 0 saturated carbocycles. The molecule has 0 radical (unpaired) electrons. The van der Waals surface area contributed by atoms with Crippen LogP contribution in [0, 0.1) is 11.8 Å². The van der Waals surface area contributed by atoms with Gasteiger partial charge in [0.05, 0.1) is 0 Å². The van der Waals surface area contributed by atoms with Gasteiger partial charge in [0.2, 0.25) is 5.91 Å². The maximum absolute atomic E-state index is 12.0. The molecule has 1 aromatic carbocycles. The third-order valence-electron chi connectivity index (χ3n) is 3.37. The lowest BCUT2D eigenvalue weighted by Gasteiger charge is -2.19. The summed E-state index contributed by atoms with van der Waals surface area (Å²) in [6.45, 7) is 8.46. The highest BCUT2D eigenvalue weighted by Crippen LogP contribution is 2.11. The molecule has 106 valence electrons. The summed E-state index contributed by atoms with van der Waals surface area (Å²) in [7, 11) is 0. The van der Waals surface area contributed by atoms with Gasteiger partial charge in [0.15, 0.2) is 0 Å². The smallest absolute Gasteiger partial charge is 0.223 e. The minimum absolute atomic E-state index is 0.0785. The fourth-order valence-corrected chi connectivity index (χ4v) is 2.31. The van der Waals surface area contributed by atoms with Crippen molar-refractivity contribution in [1.29, 1.82) is 0 Å². The van der Waals surface area contributed by atoms with Crippen molar-refractivity contribution >= 4 is 5.91 Å². The Hall–Kier alpha value is -1.31. The topological polar surface area (TPSA) is 29.1 Å². The van der Waals surface area contributed by atoms with E-state index in [2.05, 4.69) is 38.2 Å². The van der Waals surface area contributed by atoms with E-state index in [9.17, 15) is 4.79 Å². The molecule has 2 heteroatoms. The molecule has 0 bridgehead atoms. The van der Waals surface area contributed by atoms with Crippen LogP contribution in [0.4, 0.5) is 0 Å². The van der Waals surface area contributed by atoms with Gasteiger partial charge in [-0.25, -0.2) is 0 Å². The molecule has 0 aromatic heterocycles. The number of hydrogen-bond donors (Lipinski definition) is 1. The van der Waals surface area contributed by atoms with E-state index in [4.69, 9.17) is 0 Å². The SMILES string of the molecule is CC(C)CC(C)NC(=O)[C@@H](C)CCc1ccccc1. The van der Waals surface area contributed by atoms with Crippen molar-refractivity contribution in [2.45, 2.75) is 53.0 Å². The summed E-state index contributed by atoms with van der Waals surface area (Å²) in [5.74, 6) is 0.883. The van der Waals surface area contributed by atoms with Crippen molar-refractivity contribution in [3.63, 3.8) is 0 Å². The van der Waals surface area contributed by atoms with Gasteiger partial charge in [-0.2, -0.15) is 0 Å². The van der Waals surface area contributed by atoms with Crippen molar-refractivity contribution < 1.29 is 4.79 Å². The summed E-state index contributed by atoms with van der Waals surface area (Å²) in [5, 5.41) is 3.11. The van der Waals surface area contributed by atoms with E-state index in [1.165, 1.54) is 5.56 Å². The van der Waals surface area contributed by atoms with Gasteiger partial charge in [-0.15, -0.1) is 0 Å². The van der Waals surface area contributed by atoms with Gasteiger partial charge in [0, 0.05) is 12.0 Å². The second-order valence-corrected chi connectivity index (χ2v) is 5.96. The van der Waals surface area contributed by atoms with E-state index in [-0.39, 0.29) is 17.9 Å². The third kappa shape index (κ3) is 6.42. The first-order chi connectivity index (χ1) is 8.99. The zero-order valence-electron chi connectivity index (χ0n) is 12.6. The molecular formula is C17H27NO. The molecule has 1 unspecified atom stereocenters. The molecule has 0 aliphatic rings. The second kappa shape index (κ2) is 7.98. The van der Waals surface area contributed by atoms with E-state index in [1.54, 1.807) is 0 Å². The molecule has 0 aliphatic carbocycles. The van der Waals surface area contributed by atoms with E-state index in [0.29, 0.717) is 5.92 Å². The lowest BCUT2D eigenvalue weighted by atomic mass is 9.99. The lowest BCUT2D eigenvalue weighted by molar-refractivity contribution is -0.125. The fourth-order valence-electron chi connectivity index (χ4n) is 2.31. The first kappa shape index (κ1) is 15.7. The summed E-state index contributed by atoms with van der Waals surface area (Å²) >= 11 is 0. The number of hydrogen-bond acceptors (Lipinski definition) is 1. The van der Waals surface area contributed by atoms with Crippen LogP contribution in [0.25, 0.3) is 0 Å². The summed E-state index contributed by atoms with van der Waals surface area (Å²) in [5.41, 5.74) is 1.30. The molecule has 2 atom stereocenters. The normalized spacial score (nSPS) is 14.2. The van der Waals surface area contributed by atoms with Gasteiger partial charge >= 0.3 is 0 Å². The van der Waals surface area contributed by atoms with Gasteiger partial charge in [0.25, 0.3) is 0 Å². The van der Waals surface area contributed by atoms with E-state index in [0.717, 1.165) is 19.3 Å². The van der Waals surface area contributed by atoms with Crippen molar-refractivity contribution in [3.05, 3.63) is 35.9 Å². The second-order valence-electron chi connectivity index (χ2n) is 5.96. The Kier molecular flexibility index (Phi) is 6.61. The Balaban J connectivity index is 2.32. The molecule has 1 N–H and O–H groups in total. The van der Waals surface area contributed by atoms with Crippen LogP contribution in [0.2, 0.25) is 0 Å². The Bertz CT molecular complexity index is 372. The highest BCUT2D eigenvalue weighted by atomic mass is 16.1. The fraction of sp³-hybridized carbons (Fsp3) is 0.588. The van der Waals surface area contributed by atoms with Crippen molar-refractivity contribution in [3.8, 4) is 0 Å². The molecule has 1 amide bonds. The van der Waals surface area contributed by atoms with E-state index in [1.807, 2.05) is 25.1 Å². The molecule has 1 aromatic rings. The highest BCUT2D eigenvalue weighted by molar-refractivity contribution is 5.78. The average Bonchev–Trinajstić information content (AvgIpc) is 2.36. The minimum atomic E-state index is 0.0785. The van der Waals surface area contributed by atoms with Gasteiger partial charge in [-0.1, -0.05) is 51.1 Å². The first-order valence-corrected chi connectivity index (χ1v) is 7.33. The molecule has 19 heavy (non-hydrogen) atoms. The summed E-state index contributed by atoms with van der Waals surface area (Å²) in [6.07, 6.45) is 2.91. The predicted molar refractivity (Wildman–Crippen MR) is 81.0 cm³/mol. The van der Waals surface area contributed by atoms with Crippen molar-refractivity contribution in [2.75, 3.05) is 0 Å². The number of nitrogens with one attached hydrogen (secondary N) is 1. The maximum atomic E-state index is 12.0. The number of rotatable bonds is 7. The minimum Gasteiger partial charge on any atom is -0.353 e. The van der Waals surface area contributed by atoms with Crippen LogP contribution in [0.1, 0.15) is 46.1 Å². The van der Waals surface area contributed by atoms with Gasteiger partial charge in [0.1, 0.15) is 0 Å². The number of carbonyl (C=O) groups is 1. The molecule has 0 heterocycles. The van der Waals surface area contributed by atoms with Gasteiger partial charge in [-0.05, 0) is 37.7 Å². The van der Waals surface area contributed by atoms with Crippen molar-refractivity contribution in [1.82, 2.24) is 5.32 Å². The molecule has 2 nitrogen and oxygen atoms in total. The molecule has 0 spiro atoms. The quantitative estimate of drug-likeness (QED) is 0.794. The van der Waals surface area contributed by atoms with Crippen LogP contribution >= 0.6 is 0 Å². The third-order valence-corrected chi connectivity index (χ3v) is 3.37. The summed E-state index contributed by atoms with van der Waals surface area (Å²) < 4.78 is 0. The van der Waals surface area contributed by atoms with Crippen LogP contribution in [0.15, 0.2) is 30.3 Å². The van der Waals surface area contributed by atoms with Crippen LogP contribution in [0.3, 0.4) is 0 Å². The zero-order chi connectivity index (χ0) is 14.3. The highest BCUT2D eigenvalue weighted by Gasteiger charge is 2.15. The van der Waals surface area contributed by atoms with Crippen LogP contribution in [-0.2, 0) is 11.2 Å². The maximum Gasteiger partial charge on any atom is 0.223 e. The predicted octanol–water partition coefficient (Wildman–Crippen LogP) is 3.81. The van der Waals surface area contributed by atoms with Gasteiger partial charge in [-0.3, -0.25) is 4.79 Å². The first-order valence-electron chi connectivity index (χ1n) is 7.33. The average molecular weight is 261 g/mol. The zero-order valence-corrected chi connectivity index (χ0v) is 12.6. The standard InChI is InChI=1S/C17H27NO/c1-13(2)12-15(4)18-17(19)14(3)10-11-16-8-6-5-7-9-16/h5-9,13-15H,10-12H2,1-4H3,(H,18,19)/t14-,15?/m0/s1.